The summed E-state index contributed by atoms with van der Waals surface area (Å²) in [5.74, 6) is -0.106. The Hall–Kier alpha value is -0.810. The summed E-state index contributed by atoms with van der Waals surface area (Å²) in [6.45, 7) is 6.34. The summed E-state index contributed by atoms with van der Waals surface area (Å²) in [5.41, 5.74) is 0.636. The van der Waals surface area contributed by atoms with E-state index in [4.69, 9.17) is 0 Å². The van der Waals surface area contributed by atoms with E-state index in [0.717, 1.165) is 11.0 Å². The van der Waals surface area contributed by atoms with Crippen molar-refractivity contribution in [2.24, 2.45) is 0 Å². The lowest BCUT2D eigenvalue weighted by Gasteiger charge is -2.16. The van der Waals surface area contributed by atoms with Crippen LogP contribution in [0.3, 0.4) is 0 Å². The third-order valence-electron chi connectivity index (χ3n) is 2.51. The fourth-order valence-electron chi connectivity index (χ4n) is 1.80. The van der Waals surface area contributed by atoms with Gasteiger partial charge in [0.05, 0.1) is 6.10 Å². The maximum Gasteiger partial charge on any atom is 0.268 e. The molecule has 0 aliphatic heterocycles. The molecule has 1 rings (SSSR count). The van der Waals surface area contributed by atoms with Crippen molar-refractivity contribution in [2.75, 3.05) is 0 Å². The van der Waals surface area contributed by atoms with Gasteiger partial charge in [0.25, 0.3) is 5.91 Å². The summed E-state index contributed by atoms with van der Waals surface area (Å²) < 4.78 is 2.78. The lowest BCUT2D eigenvalue weighted by atomic mass is 10.1. The Kier molecular flexibility index (Phi) is 5.21. The van der Waals surface area contributed by atoms with Crippen molar-refractivity contribution in [1.82, 2.24) is 9.88 Å². The van der Waals surface area contributed by atoms with Gasteiger partial charge in [0.2, 0.25) is 0 Å². The molecule has 4 nitrogen and oxygen atoms in total. The number of nitrogens with one attached hydrogen (secondary N) is 1. The highest BCUT2D eigenvalue weighted by molar-refractivity contribution is 9.10. The van der Waals surface area contributed by atoms with Crippen molar-refractivity contribution in [2.45, 2.75) is 45.9 Å². The zero-order valence-electron chi connectivity index (χ0n) is 10.4. The average Bonchev–Trinajstić information content (AvgIpc) is 2.58. The van der Waals surface area contributed by atoms with Gasteiger partial charge in [-0.3, -0.25) is 4.79 Å². The van der Waals surface area contributed by atoms with E-state index in [1.54, 1.807) is 13.0 Å². The molecule has 0 aromatic carbocycles. The van der Waals surface area contributed by atoms with Crippen LogP contribution in [0.2, 0.25) is 0 Å². The van der Waals surface area contributed by atoms with Crippen LogP contribution in [0.1, 0.15) is 37.7 Å². The molecule has 0 radical (unpaired) electrons. The van der Waals surface area contributed by atoms with Crippen LogP contribution < -0.4 is 5.32 Å². The van der Waals surface area contributed by atoms with Crippen molar-refractivity contribution in [3.63, 3.8) is 0 Å². The second-order valence-corrected chi connectivity index (χ2v) is 5.20. The Labute approximate surface area is 110 Å². The molecule has 0 bridgehead atoms. The number of carbonyl (C=O) groups is 1. The number of aliphatic hydroxyl groups excluding tert-OH is 1. The molecule has 2 atom stereocenters. The smallest absolute Gasteiger partial charge is 0.268 e. The number of amides is 1. The predicted molar refractivity (Wildman–Crippen MR) is 71.0 cm³/mol. The topological polar surface area (TPSA) is 54.3 Å². The van der Waals surface area contributed by atoms with Gasteiger partial charge in [-0.1, -0.05) is 0 Å². The average molecular weight is 303 g/mol. The summed E-state index contributed by atoms with van der Waals surface area (Å²) in [6.07, 6.45) is 2.03. The first-order valence-corrected chi connectivity index (χ1v) is 6.58. The van der Waals surface area contributed by atoms with Crippen LogP contribution in [0.4, 0.5) is 0 Å². The molecular weight excluding hydrogens is 284 g/mol. The first-order chi connectivity index (χ1) is 7.93. The molecule has 96 valence electrons. The highest BCUT2D eigenvalue weighted by Crippen LogP contribution is 2.15. The number of hydrogen-bond donors (Lipinski definition) is 2. The third-order valence-corrected chi connectivity index (χ3v) is 2.94. The number of carbonyl (C=O) groups excluding carboxylic acids is 1. The molecule has 0 aliphatic carbocycles. The van der Waals surface area contributed by atoms with Crippen molar-refractivity contribution in [1.29, 1.82) is 0 Å². The normalized spacial score (nSPS) is 14.4. The van der Waals surface area contributed by atoms with E-state index in [-0.39, 0.29) is 11.9 Å². The van der Waals surface area contributed by atoms with Crippen LogP contribution in [0.5, 0.6) is 0 Å². The molecule has 0 fully saturated rings. The maximum atomic E-state index is 12.0. The number of aliphatic hydroxyl groups is 1. The molecule has 1 aromatic rings. The van der Waals surface area contributed by atoms with E-state index in [1.807, 2.05) is 24.6 Å². The highest BCUT2D eigenvalue weighted by atomic mass is 79.9. The summed E-state index contributed by atoms with van der Waals surface area (Å²) in [4.78, 5) is 12.0. The molecule has 0 saturated carbocycles. The number of nitrogens with zero attached hydrogens (tertiary/aromatic N) is 1. The van der Waals surface area contributed by atoms with Crippen LogP contribution in [0, 0.1) is 0 Å². The summed E-state index contributed by atoms with van der Waals surface area (Å²) in [6, 6.07) is 1.76. The molecule has 1 heterocycles. The molecule has 0 saturated heterocycles. The maximum absolute atomic E-state index is 12.0. The van der Waals surface area contributed by atoms with Crippen molar-refractivity contribution < 1.29 is 9.90 Å². The Morgan fingerprint density at radius 2 is 2.24 bits per heavy atom. The molecule has 17 heavy (non-hydrogen) atoms. The Morgan fingerprint density at radius 1 is 1.59 bits per heavy atom. The quantitative estimate of drug-likeness (QED) is 0.876. The van der Waals surface area contributed by atoms with E-state index in [0.29, 0.717) is 12.1 Å². The van der Waals surface area contributed by atoms with E-state index >= 15 is 0 Å². The Balaban J connectivity index is 2.69. The predicted octanol–water partition coefficient (Wildman–Crippen LogP) is 2.16. The van der Waals surface area contributed by atoms with Gasteiger partial charge in [-0.05, 0) is 49.2 Å². The molecule has 2 N–H and O–H groups in total. The van der Waals surface area contributed by atoms with Crippen LogP contribution in [-0.4, -0.2) is 27.7 Å². The number of rotatable bonds is 5. The number of hydrogen-bond acceptors (Lipinski definition) is 2. The first-order valence-electron chi connectivity index (χ1n) is 5.78. The summed E-state index contributed by atoms with van der Waals surface area (Å²) in [5, 5.41) is 12.1. The van der Waals surface area contributed by atoms with Crippen LogP contribution in [0.15, 0.2) is 16.7 Å². The van der Waals surface area contributed by atoms with Crippen LogP contribution in [-0.2, 0) is 6.54 Å². The van der Waals surface area contributed by atoms with Gasteiger partial charge in [0, 0.05) is 23.3 Å². The minimum atomic E-state index is -0.407. The molecule has 0 aliphatic rings. The van der Waals surface area contributed by atoms with Gasteiger partial charge in [-0.15, -0.1) is 0 Å². The van der Waals surface area contributed by atoms with Crippen LogP contribution >= 0.6 is 15.9 Å². The molecule has 5 heteroatoms. The molecular formula is C12H19BrN2O2. The van der Waals surface area contributed by atoms with E-state index < -0.39 is 6.10 Å². The zero-order valence-corrected chi connectivity index (χ0v) is 12.0. The number of halogens is 1. The van der Waals surface area contributed by atoms with Gasteiger partial charge >= 0.3 is 0 Å². The number of aryl methyl sites for hydroxylation is 1. The van der Waals surface area contributed by atoms with Gasteiger partial charge in [0.1, 0.15) is 5.69 Å². The fraction of sp³-hybridized carbons (Fsp3) is 0.583. The minimum absolute atomic E-state index is 0.0403. The minimum Gasteiger partial charge on any atom is -0.393 e. The Morgan fingerprint density at radius 3 is 2.76 bits per heavy atom. The van der Waals surface area contributed by atoms with Crippen molar-refractivity contribution in [3.8, 4) is 0 Å². The summed E-state index contributed by atoms with van der Waals surface area (Å²) in [7, 11) is 0. The molecule has 1 aromatic heterocycles. The van der Waals surface area contributed by atoms with E-state index in [2.05, 4.69) is 21.2 Å². The third kappa shape index (κ3) is 4.16. The fourth-order valence-corrected chi connectivity index (χ4v) is 2.26. The van der Waals surface area contributed by atoms with E-state index in [1.165, 1.54) is 0 Å². The number of aromatic nitrogens is 1. The molecule has 1 amide bonds. The Bertz CT molecular complexity index is 388. The standard InChI is InChI=1S/C12H19BrN2O2/c1-4-15-7-10(13)6-11(15)12(17)14-8(2)5-9(3)16/h6-9,16H,4-5H2,1-3H3,(H,14,17). The summed E-state index contributed by atoms with van der Waals surface area (Å²) >= 11 is 3.36. The van der Waals surface area contributed by atoms with Gasteiger partial charge in [-0.2, -0.15) is 0 Å². The van der Waals surface area contributed by atoms with Crippen molar-refractivity contribution >= 4 is 21.8 Å². The van der Waals surface area contributed by atoms with E-state index in [9.17, 15) is 9.90 Å². The zero-order chi connectivity index (χ0) is 13.0. The molecule has 0 spiro atoms. The van der Waals surface area contributed by atoms with Gasteiger partial charge in [0.15, 0.2) is 0 Å². The lowest BCUT2D eigenvalue weighted by molar-refractivity contribution is 0.0914. The monoisotopic (exact) mass is 302 g/mol. The van der Waals surface area contributed by atoms with Gasteiger partial charge in [-0.25, -0.2) is 0 Å². The van der Waals surface area contributed by atoms with Crippen LogP contribution in [0.25, 0.3) is 0 Å². The first kappa shape index (κ1) is 14.3. The second kappa shape index (κ2) is 6.21. The second-order valence-electron chi connectivity index (χ2n) is 4.29. The lowest BCUT2D eigenvalue weighted by Crippen LogP contribution is -2.35. The molecule has 2 unspecified atom stereocenters. The SMILES string of the molecule is CCn1cc(Br)cc1C(=O)NC(C)CC(C)O. The highest BCUT2D eigenvalue weighted by Gasteiger charge is 2.15. The van der Waals surface area contributed by atoms with Gasteiger partial charge < -0.3 is 15.0 Å². The largest absolute Gasteiger partial charge is 0.393 e. The van der Waals surface area contributed by atoms with Crippen molar-refractivity contribution in [3.05, 3.63) is 22.4 Å².